The van der Waals surface area contributed by atoms with E-state index in [0.29, 0.717) is 11.4 Å². The zero-order valence-electron chi connectivity index (χ0n) is 7.43. The molecule has 7 nitrogen and oxygen atoms in total. The molecule has 2 rings (SSSR count). The van der Waals surface area contributed by atoms with Crippen molar-refractivity contribution < 1.29 is 4.52 Å². The molecule has 2 aromatic heterocycles. The van der Waals surface area contributed by atoms with Gasteiger partial charge in [0.25, 0.3) is 5.89 Å². The van der Waals surface area contributed by atoms with E-state index >= 15 is 0 Å². The van der Waals surface area contributed by atoms with E-state index < -0.39 is 0 Å². The van der Waals surface area contributed by atoms with Gasteiger partial charge in [0.15, 0.2) is 5.82 Å². The predicted octanol–water partition coefficient (Wildman–Crippen LogP) is -0.000580. The number of nitrogens with zero attached hydrogens (tertiary/aromatic N) is 4. The number of anilines is 2. The molecule has 2 heterocycles. The summed E-state index contributed by atoms with van der Waals surface area (Å²) in [6, 6.07) is 0. The monoisotopic (exact) mass is 192 g/mol. The maximum Gasteiger partial charge on any atom is 0.265 e. The van der Waals surface area contributed by atoms with Crippen LogP contribution >= 0.6 is 0 Å². The standard InChI is InChI=1S/C7H8N6O/c1-3-12-7(14-13-3)4-5(8)10-2-11-6(4)9/h2H,1H3,(H4,8,9,10,11). The molecule has 0 aliphatic rings. The van der Waals surface area contributed by atoms with Gasteiger partial charge in [0.1, 0.15) is 23.5 Å². The average molecular weight is 192 g/mol. The van der Waals surface area contributed by atoms with Gasteiger partial charge >= 0.3 is 0 Å². The smallest absolute Gasteiger partial charge is 0.265 e. The molecule has 0 aromatic carbocycles. The van der Waals surface area contributed by atoms with E-state index in [1.165, 1.54) is 6.33 Å². The van der Waals surface area contributed by atoms with Gasteiger partial charge in [-0.3, -0.25) is 0 Å². The van der Waals surface area contributed by atoms with Crippen LogP contribution in [0.3, 0.4) is 0 Å². The lowest BCUT2D eigenvalue weighted by Crippen LogP contribution is -2.01. The number of aromatic nitrogens is 4. The van der Waals surface area contributed by atoms with E-state index in [1.54, 1.807) is 6.92 Å². The average Bonchev–Trinajstić information content (AvgIpc) is 2.51. The number of rotatable bonds is 1. The first-order valence-electron chi connectivity index (χ1n) is 3.85. The van der Waals surface area contributed by atoms with Gasteiger partial charge in [0.05, 0.1) is 0 Å². The number of aryl methyl sites for hydroxylation is 1. The van der Waals surface area contributed by atoms with Gasteiger partial charge in [0, 0.05) is 0 Å². The van der Waals surface area contributed by atoms with Crippen LogP contribution in [0.25, 0.3) is 11.5 Å². The van der Waals surface area contributed by atoms with E-state index in [4.69, 9.17) is 16.0 Å². The maximum atomic E-state index is 5.60. The first-order valence-corrected chi connectivity index (χ1v) is 3.85. The Morgan fingerprint density at radius 1 is 1.21 bits per heavy atom. The Hall–Kier alpha value is -2.18. The second-order valence-electron chi connectivity index (χ2n) is 2.67. The minimum Gasteiger partial charge on any atom is -0.383 e. The third-order valence-electron chi connectivity index (χ3n) is 1.65. The fourth-order valence-corrected chi connectivity index (χ4v) is 1.03. The predicted molar refractivity (Wildman–Crippen MR) is 48.9 cm³/mol. The third kappa shape index (κ3) is 1.24. The SMILES string of the molecule is Cc1noc(-c2c(N)ncnc2N)n1. The van der Waals surface area contributed by atoms with Crippen molar-refractivity contribution in [2.24, 2.45) is 0 Å². The molecule has 0 saturated heterocycles. The van der Waals surface area contributed by atoms with Crippen LogP contribution in [-0.2, 0) is 0 Å². The lowest BCUT2D eigenvalue weighted by molar-refractivity contribution is 0.425. The Morgan fingerprint density at radius 3 is 2.36 bits per heavy atom. The van der Waals surface area contributed by atoms with Crippen LogP contribution in [0.2, 0.25) is 0 Å². The van der Waals surface area contributed by atoms with Gasteiger partial charge in [-0.2, -0.15) is 4.98 Å². The number of hydrogen-bond acceptors (Lipinski definition) is 7. The summed E-state index contributed by atoms with van der Waals surface area (Å²) in [5.74, 6) is 1.18. The number of hydrogen-bond donors (Lipinski definition) is 2. The summed E-state index contributed by atoms with van der Waals surface area (Å²) < 4.78 is 4.91. The van der Waals surface area contributed by atoms with Crippen molar-refractivity contribution >= 4 is 11.6 Å². The molecule has 0 amide bonds. The molecule has 0 aliphatic heterocycles. The Labute approximate surface area is 79.2 Å². The maximum absolute atomic E-state index is 5.60. The summed E-state index contributed by atoms with van der Waals surface area (Å²) in [7, 11) is 0. The number of nitrogens with two attached hydrogens (primary N) is 2. The summed E-state index contributed by atoms with van der Waals surface area (Å²) >= 11 is 0. The Kier molecular flexibility index (Phi) is 1.77. The minimum absolute atomic E-state index is 0.223. The molecule has 0 atom stereocenters. The van der Waals surface area contributed by atoms with Crippen LogP contribution in [0.5, 0.6) is 0 Å². The normalized spacial score (nSPS) is 10.4. The van der Waals surface area contributed by atoms with Crippen molar-refractivity contribution in [3.05, 3.63) is 12.2 Å². The molecule has 0 saturated carbocycles. The van der Waals surface area contributed by atoms with E-state index in [-0.39, 0.29) is 17.5 Å². The fourth-order valence-electron chi connectivity index (χ4n) is 1.03. The zero-order chi connectivity index (χ0) is 10.1. The van der Waals surface area contributed by atoms with Crippen molar-refractivity contribution in [1.29, 1.82) is 0 Å². The highest BCUT2D eigenvalue weighted by molar-refractivity contribution is 5.76. The number of nitrogen functional groups attached to an aromatic ring is 2. The van der Waals surface area contributed by atoms with Gasteiger partial charge in [-0.25, -0.2) is 9.97 Å². The zero-order valence-corrected chi connectivity index (χ0v) is 7.43. The van der Waals surface area contributed by atoms with Crippen LogP contribution in [0.1, 0.15) is 5.82 Å². The Balaban J connectivity index is 2.61. The van der Waals surface area contributed by atoms with Crippen molar-refractivity contribution in [2.75, 3.05) is 11.5 Å². The molecule has 72 valence electrons. The van der Waals surface area contributed by atoms with E-state index in [9.17, 15) is 0 Å². The van der Waals surface area contributed by atoms with Gasteiger partial charge in [-0.1, -0.05) is 5.16 Å². The van der Waals surface area contributed by atoms with Gasteiger partial charge in [0.2, 0.25) is 0 Å². The lowest BCUT2D eigenvalue weighted by atomic mass is 10.3. The Bertz CT molecular complexity index is 445. The van der Waals surface area contributed by atoms with Gasteiger partial charge in [-0.15, -0.1) is 0 Å². The quantitative estimate of drug-likeness (QED) is 0.652. The molecule has 0 unspecified atom stereocenters. The fraction of sp³-hybridized carbons (Fsp3) is 0.143. The highest BCUT2D eigenvalue weighted by atomic mass is 16.5. The van der Waals surface area contributed by atoms with Gasteiger partial charge in [-0.05, 0) is 6.92 Å². The molecule has 2 aromatic rings. The van der Waals surface area contributed by atoms with E-state index in [0.717, 1.165) is 0 Å². The van der Waals surface area contributed by atoms with Crippen molar-refractivity contribution in [1.82, 2.24) is 20.1 Å². The summed E-state index contributed by atoms with van der Waals surface area (Å²) in [5.41, 5.74) is 11.6. The summed E-state index contributed by atoms with van der Waals surface area (Å²) in [4.78, 5) is 11.6. The van der Waals surface area contributed by atoms with Crippen LogP contribution in [0.4, 0.5) is 11.6 Å². The molecule has 14 heavy (non-hydrogen) atoms. The molecule has 4 N–H and O–H groups in total. The van der Waals surface area contributed by atoms with Crippen LogP contribution < -0.4 is 11.5 Å². The third-order valence-corrected chi connectivity index (χ3v) is 1.65. The molecular weight excluding hydrogens is 184 g/mol. The molecule has 0 bridgehead atoms. The molecule has 0 radical (unpaired) electrons. The molecule has 0 fully saturated rings. The van der Waals surface area contributed by atoms with Crippen LogP contribution in [0.15, 0.2) is 10.9 Å². The molecule has 7 heteroatoms. The molecule has 0 aliphatic carbocycles. The first-order chi connectivity index (χ1) is 6.68. The van der Waals surface area contributed by atoms with Crippen molar-refractivity contribution in [3.63, 3.8) is 0 Å². The van der Waals surface area contributed by atoms with Crippen molar-refractivity contribution in [3.8, 4) is 11.5 Å². The van der Waals surface area contributed by atoms with Crippen LogP contribution in [0, 0.1) is 6.92 Å². The molecular formula is C7H8N6O. The van der Waals surface area contributed by atoms with Gasteiger partial charge < -0.3 is 16.0 Å². The second kappa shape index (κ2) is 2.95. The summed E-state index contributed by atoms with van der Waals surface area (Å²) in [6.07, 6.45) is 1.28. The first kappa shape index (κ1) is 8.42. The van der Waals surface area contributed by atoms with E-state index in [1.807, 2.05) is 0 Å². The topological polar surface area (TPSA) is 117 Å². The van der Waals surface area contributed by atoms with Crippen molar-refractivity contribution in [2.45, 2.75) is 6.92 Å². The van der Waals surface area contributed by atoms with E-state index in [2.05, 4.69) is 20.1 Å². The largest absolute Gasteiger partial charge is 0.383 e. The second-order valence-corrected chi connectivity index (χ2v) is 2.67. The Morgan fingerprint density at radius 2 is 1.86 bits per heavy atom. The summed E-state index contributed by atoms with van der Waals surface area (Å²) in [6.45, 7) is 1.70. The highest BCUT2D eigenvalue weighted by Crippen LogP contribution is 2.26. The minimum atomic E-state index is 0.223. The molecule has 0 spiro atoms. The highest BCUT2D eigenvalue weighted by Gasteiger charge is 2.15. The lowest BCUT2D eigenvalue weighted by Gasteiger charge is -2.00. The van der Waals surface area contributed by atoms with Crippen LogP contribution in [-0.4, -0.2) is 20.1 Å². The summed E-state index contributed by atoms with van der Waals surface area (Å²) in [5, 5.41) is 3.62.